The Morgan fingerprint density at radius 2 is 2.05 bits per heavy atom. The van der Waals surface area contributed by atoms with Gasteiger partial charge in [0.25, 0.3) is 0 Å². The summed E-state index contributed by atoms with van der Waals surface area (Å²) in [6, 6.07) is 0. The van der Waals surface area contributed by atoms with Gasteiger partial charge in [-0.3, -0.25) is 0 Å². The average Bonchev–Trinajstić information content (AvgIpc) is 2.97. The normalized spacial score (nSPS) is 31.8. The van der Waals surface area contributed by atoms with E-state index in [4.69, 9.17) is 4.52 Å². The van der Waals surface area contributed by atoms with Gasteiger partial charge in [0, 0.05) is 19.0 Å². The number of nitrogens with zero attached hydrogens (tertiary/aromatic N) is 2. The maximum Gasteiger partial charge on any atom is 0.248 e. The zero-order valence-corrected chi connectivity index (χ0v) is 11.9. The summed E-state index contributed by atoms with van der Waals surface area (Å²) in [6.45, 7) is 4.14. The summed E-state index contributed by atoms with van der Waals surface area (Å²) in [5, 5.41) is 13.6. The molecule has 1 aromatic rings. The summed E-state index contributed by atoms with van der Waals surface area (Å²) in [5.74, 6) is 0.690. The summed E-state index contributed by atoms with van der Waals surface area (Å²) in [6.07, 6.45) is 1.32. The Hall–Kier alpha value is -0.920. The summed E-state index contributed by atoms with van der Waals surface area (Å²) in [4.78, 5) is 0.182. The highest BCUT2D eigenvalue weighted by molar-refractivity contribution is 7.89. The van der Waals surface area contributed by atoms with Crippen LogP contribution in [0.5, 0.6) is 0 Å². The SMILES string of the molecule is Cc1noc(C)c1S(=O)(=O)N1CC2CCC(O)C2C1. The van der Waals surface area contributed by atoms with Gasteiger partial charge in [-0.25, -0.2) is 8.42 Å². The molecule has 3 rings (SSSR count). The molecule has 0 amide bonds. The van der Waals surface area contributed by atoms with Crippen molar-refractivity contribution in [3.05, 3.63) is 11.5 Å². The van der Waals surface area contributed by atoms with Gasteiger partial charge in [-0.2, -0.15) is 4.31 Å². The molecule has 1 saturated carbocycles. The predicted octanol–water partition coefficient (Wildman–Crippen LogP) is 0.683. The fourth-order valence-corrected chi connectivity index (χ4v) is 5.19. The van der Waals surface area contributed by atoms with Gasteiger partial charge in [0.1, 0.15) is 10.6 Å². The molecule has 7 heteroatoms. The lowest BCUT2D eigenvalue weighted by atomic mass is 10.00. The molecule has 2 aliphatic rings. The summed E-state index contributed by atoms with van der Waals surface area (Å²) in [7, 11) is -3.56. The predicted molar refractivity (Wildman–Crippen MR) is 67.0 cm³/mol. The average molecular weight is 286 g/mol. The lowest BCUT2D eigenvalue weighted by Gasteiger charge is -2.17. The second-order valence-corrected chi connectivity index (χ2v) is 7.42. The third kappa shape index (κ3) is 1.91. The second kappa shape index (κ2) is 4.29. The Morgan fingerprint density at radius 3 is 2.63 bits per heavy atom. The molecule has 0 aromatic carbocycles. The molecule has 19 heavy (non-hydrogen) atoms. The van der Waals surface area contributed by atoms with Crippen LogP contribution in [0, 0.1) is 25.7 Å². The first kappa shape index (κ1) is 13.1. The highest BCUT2D eigenvalue weighted by Gasteiger charge is 2.46. The topological polar surface area (TPSA) is 83.6 Å². The Morgan fingerprint density at radius 1 is 1.32 bits per heavy atom. The van der Waals surface area contributed by atoms with E-state index in [-0.39, 0.29) is 22.8 Å². The van der Waals surface area contributed by atoms with E-state index in [0.29, 0.717) is 24.5 Å². The molecule has 1 aliphatic carbocycles. The number of hydrogen-bond acceptors (Lipinski definition) is 5. The van der Waals surface area contributed by atoms with Gasteiger partial charge in [-0.1, -0.05) is 5.16 Å². The van der Waals surface area contributed by atoms with Crippen LogP contribution in [0.1, 0.15) is 24.3 Å². The van der Waals surface area contributed by atoms with Crippen LogP contribution in [-0.2, 0) is 10.0 Å². The number of aliphatic hydroxyl groups is 1. The van der Waals surface area contributed by atoms with E-state index in [9.17, 15) is 13.5 Å². The lowest BCUT2D eigenvalue weighted by Crippen LogP contribution is -2.31. The van der Waals surface area contributed by atoms with Crippen molar-refractivity contribution in [3.8, 4) is 0 Å². The Balaban J connectivity index is 1.91. The first-order valence-electron chi connectivity index (χ1n) is 6.52. The van der Waals surface area contributed by atoms with Crippen LogP contribution in [0.4, 0.5) is 0 Å². The fourth-order valence-electron chi connectivity index (χ4n) is 3.36. The van der Waals surface area contributed by atoms with Crippen LogP contribution in [0.3, 0.4) is 0 Å². The molecule has 1 saturated heterocycles. The number of aromatic nitrogens is 1. The van der Waals surface area contributed by atoms with E-state index in [2.05, 4.69) is 5.16 Å². The van der Waals surface area contributed by atoms with Gasteiger partial charge < -0.3 is 9.63 Å². The third-order valence-electron chi connectivity index (χ3n) is 4.35. The summed E-state index contributed by atoms with van der Waals surface area (Å²) < 4.78 is 31.7. The molecule has 3 unspecified atom stereocenters. The van der Waals surface area contributed by atoms with Crippen LogP contribution >= 0.6 is 0 Å². The van der Waals surface area contributed by atoms with Crippen molar-refractivity contribution in [2.45, 2.75) is 37.7 Å². The van der Waals surface area contributed by atoms with Crippen molar-refractivity contribution in [1.29, 1.82) is 0 Å². The van der Waals surface area contributed by atoms with Crippen molar-refractivity contribution in [2.24, 2.45) is 11.8 Å². The van der Waals surface area contributed by atoms with Gasteiger partial charge in [0.2, 0.25) is 10.0 Å². The standard InChI is InChI=1S/C12H18N2O4S/c1-7-12(8(2)18-13-7)19(16,17)14-5-9-3-4-11(15)10(9)6-14/h9-11,15H,3-6H2,1-2H3. The van der Waals surface area contributed by atoms with Crippen molar-refractivity contribution in [2.75, 3.05) is 13.1 Å². The van der Waals surface area contributed by atoms with Gasteiger partial charge in [0.05, 0.1) is 6.10 Å². The zero-order valence-electron chi connectivity index (χ0n) is 11.0. The number of sulfonamides is 1. The minimum absolute atomic E-state index is 0.0789. The largest absolute Gasteiger partial charge is 0.393 e. The van der Waals surface area contributed by atoms with E-state index in [1.165, 1.54) is 4.31 Å². The quantitative estimate of drug-likeness (QED) is 0.864. The Kier molecular flexibility index (Phi) is 2.95. The van der Waals surface area contributed by atoms with Crippen molar-refractivity contribution < 1.29 is 18.0 Å². The Bertz CT molecular complexity index is 575. The molecule has 0 radical (unpaired) electrons. The van der Waals surface area contributed by atoms with Crippen molar-refractivity contribution in [3.63, 3.8) is 0 Å². The maximum absolute atomic E-state index is 12.6. The van der Waals surface area contributed by atoms with Crippen molar-refractivity contribution >= 4 is 10.0 Å². The van der Waals surface area contributed by atoms with Gasteiger partial charge in [-0.15, -0.1) is 0 Å². The van der Waals surface area contributed by atoms with Crippen LogP contribution in [0.25, 0.3) is 0 Å². The fraction of sp³-hybridized carbons (Fsp3) is 0.750. The van der Waals surface area contributed by atoms with E-state index in [1.807, 2.05) is 0 Å². The first-order valence-corrected chi connectivity index (χ1v) is 7.96. The van der Waals surface area contributed by atoms with Crippen LogP contribution < -0.4 is 0 Å². The van der Waals surface area contributed by atoms with E-state index >= 15 is 0 Å². The third-order valence-corrected chi connectivity index (χ3v) is 6.43. The van der Waals surface area contributed by atoms with Crippen LogP contribution in [-0.4, -0.2) is 42.2 Å². The van der Waals surface area contributed by atoms with Crippen LogP contribution in [0.2, 0.25) is 0 Å². The summed E-state index contributed by atoms with van der Waals surface area (Å²) in [5.41, 5.74) is 0.398. The van der Waals surface area contributed by atoms with E-state index in [1.54, 1.807) is 13.8 Å². The first-order chi connectivity index (χ1) is 8.91. The van der Waals surface area contributed by atoms with Crippen molar-refractivity contribution in [1.82, 2.24) is 9.46 Å². The minimum Gasteiger partial charge on any atom is -0.393 e. The molecular formula is C12H18N2O4S. The molecule has 2 heterocycles. The number of rotatable bonds is 2. The smallest absolute Gasteiger partial charge is 0.248 e. The molecule has 106 valence electrons. The molecule has 0 bridgehead atoms. The number of aliphatic hydroxyl groups excluding tert-OH is 1. The molecular weight excluding hydrogens is 268 g/mol. The molecule has 1 aromatic heterocycles. The Labute approximate surface area is 112 Å². The molecule has 1 aliphatic heterocycles. The highest BCUT2D eigenvalue weighted by atomic mass is 32.2. The van der Waals surface area contributed by atoms with Gasteiger partial charge in [-0.05, 0) is 32.6 Å². The molecule has 1 N–H and O–H groups in total. The molecule has 2 fully saturated rings. The van der Waals surface area contributed by atoms with Gasteiger partial charge in [0.15, 0.2) is 5.76 Å². The zero-order chi connectivity index (χ0) is 13.8. The molecule has 0 spiro atoms. The second-order valence-electron chi connectivity index (χ2n) is 5.54. The van der Waals surface area contributed by atoms with Crippen LogP contribution in [0.15, 0.2) is 9.42 Å². The number of hydrogen-bond donors (Lipinski definition) is 1. The molecule has 6 nitrogen and oxygen atoms in total. The maximum atomic E-state index is 12.6. The minimum atomic E-state index is -3.56. The number of fused-ring (bicyclic) bond motifs is 1. The van der Waals surface area contributed by atoms with Gasteiger partial charge >= 0.3 is 0 Å². The van der Waals surface area contributed by atoms with E-state index < -0.39 is 10.0 Å². The summed E-state index contributed by atoms with van der Waals surface area (Å²) >= 11 is 0. The number of aryl methyl sites for hydroxylation is 2. The lowest BCUT2D eigenvalue weighted by molar-refractivity contribution is 0.129. The highest BCUT2D eigenvalue weighted by Crippen LogP contribution is 2.40. The van der Waals surface area contributed by atoms with E-state index in [0.717, 1.165) is 12.8 Å². The monoisotopic (exact) mass is 286 g/mol. The molecule has 3 atom stereocenters.